The summed E-state index contributed by atoms with van der Waals surface area (Å²) in [5.74, 6) is -1.93. The summed E-state index contributed by atoms with van der Waals surface area (Å²) in [5, 5.41) is 18.5. The number of nitrogens with one attached hydrogen (secondary N) is 1. The third-order valence-corrected chi connectivity index (χ3v) is 4.69. The number of aliphatic carboxylic acids is 1. The van der Waals surface area contributed by atoms with E-state index in [0.29, 0.717) is 11.3 Å². The SMILES string of the molecule is CC1=C(/C(C)=N\N=C2/NC(=O)[C@@H](CC(=O)O)S2)C(=O)OC1(C)C. The van der Waals surface area contributed by atoms with Crippen LogP contribution in [0.15, 0.2) is 21.3 Å². The Morgan fingerprint density at radius 1 is 1.43 bits per heavy atom. The number of carboxylic acid groups (broad SMARTS) is 1. The molecule has 1 atom stereocenters. The molecule has 0 saturated carbocycles. The van der Waals surface area contributed by atoms with Gasteiger partial charge in [0.1, 0.15) is 10.9 Å². The molecule has 0 aromatic carbocycles. The average molecular weight is 339 g/mol. The summed E-state index contributed by atoms with van der Waals surface area (Å²) in [6, 6.07) is 0. The fraction of sp³-hybridized carbons (Fsp3) is 0.500. The van der Waals surface area contributed by atoms with Crippen LogP contribution >= 0.6 is 11.8 Å². The minimum atomic E-state index is -1.06. The average Bonchev–Trinajstić information content (AvgIpc) is 2.84. The van der Waals surface area contributed by atoms with E-state index in [0.717, 1.165) is 17.3 Å². The molecule has 2 aliphatic heterocycles. The molecule has 0 aromatic rings. The van der Waals surface area contributed by atoms with Gasteiger partial charge < -0.3 is 15.2 Å². The van der Waals surface area contributed by atoms with E-state index in [2.05, 4.69) is 15.5 Å². The lowest BCUT2D eigenvalue weighted by atomic mass is 9.96. The molecule has 1 saturated heterocycles. The van der Waals surface area contributed by atoms with Crippen molar-refractivity contribution in [3.63, 3.8) is 0 Å². The minimum Gasteiger partial charge on any atom is -0.481 e. The zero-order valence-electron chi connectivity index (χ0n) is 13.2. The molecule has 0 aliphatic carbocycles. The third kappa shape index (κ3) is 3.61. The quantitative estimate of drug-likeness (QED) is 0.449. The van der Waals surface area contributed by atoms with Gasteiger partial charge in [0, 0.05) is 0 Å². The first-order chi connectivity index (χ1) is 10.6. The van der Waals surface area contributed by atoms with Crippen LogP contribution in [0.3, 0.4) is 0 Å². The van der Waals surface area contributed by atoms with Crippen molar-refractivity contribution in [3.05, 3.63) is 11.1 Å². The number of carbonyl (C=O) groups excluding carboxylic acids is 2. The van der Waals surface area contributed by atoms with Crippen molar-refractivity contribution < 1.29 is 24.2 Å². The summed E-state index contributed by atoms with van der Waals surface area (Å²) in [6.45, 7) is 7.00. The topological polar surface area (TPSA) is 117 Å². The van der Waals surface area contributed by atoms with Crippen LogP contribution < -0.4 is 5.32 Å². The van der Waals surface area contributed by atoms with Crippen molar-refractivity contribution in [2.45, 2.75) is 45.0 Å². The van der Waals surface area contributed by atoms with Crippen LogP contribution in [0.5, 0.6) is 0 Å². The molecule has 0 aromatic heterocycles. The molecule has 2 aliphatic rings. The van der Waals surface area contributed by atoms with Crippen LogP contribution in [0.1, 0.15) is 34.1 Å². The molecular formula is C14H17N3O5S. The minimum absolute atomic E-state index is 0.212. The van der Waals surface area contributed by atoms with Crippen LogP contribution in [0.25, 0.3) is 0 Å². The Morgan fingerprint density at radius 3 is 2.61 bits per heavy atom. The fourth-order valence-electron chi connectivity index (χ4n) is 2.15. The summed E-state index contributed by atoms with van der Waals surface area (Å²) in [5.41, 5.74) is 0.827. The van der Waals surface area contributed by atoms with Crippen molar-refractivity contribution >= 4 is 40.5 Å². The van der Waals surface area contributed by atoms with Crippen LogP contribution in [0, 0.1) is 0 Å². The maximum Gasteiger partial charge on any atom is 0.341 e. The van der Waals surface area contributed by atoms with E-state index in [4.69, 9.17) is 9.84 Å². The van der Waals surface area contributed by atoms with Crippen molar-refractivity contribution in [3.8, 4) is 0 Å². The van der Waals surface area contributed by atoms with Crippen molar-refractivity contribution in [1.29, 1.82) is 0 Å². The molecule has 9 heteroatoms. The highest BCUT2D eigenvalue weighted by molar-refractivity contribution is 8.15. The summed E-state index contributed by atoms with van der Waals surface area (Å²) >= 11 is 1.00. The Labute approximate surface area is 137 Å². The molecule has 0 bridgehead atoms. The summed E-state index contributed by atoms with van der Waals surface area (Å²) in [6.07, 6.45) is -0.289. The predicted molar refractivity (Wildman–Crippen MR) is 85.2 cm³/mol. The Hall–Kier alpha value is -2.16. The van der Waals surface area contributed by atoms with E-state index in [-0.39, 0.29) is 11.6 Å². The molecule has 0 unspecified atom stereocenters. The van der Waals surface area contributed by atoms with Gasteiger partial charge in [-0.15, -0.1) is 5.10 Å². The van der Waals surface area contributed by atoms with Gasteiger partial charge in [-0.1, -0.05) is 11.8 Å². The molecule has 2 heterocycles. The van der Waals surface area contributed by atoms with Gasteiger partial charge >= 0.3 is 11.9 Å². The monoisotopic (exact) mass is 339 g/mol. The standard InChI is InChI=1S/C14H17N3O5S/c1-6-10(12(21)22-14(6,3)4)7(2)16-17-13-15-11(20)8(23-13)5-9(18)19/h8H,5H2,1-4H3,(H,18,19)(H,15,17,20)/b16-7-/t8-/m1/s1. The maximum atomic E-state index is 11.9. The molecule has 124 valence electrons. The molecule has 1 fully saturated rings. The number of amidine groups is 1. The van der Waals surface area contributed by atoms with Crippen molar-refractivity contribution in [2.75, 3.05) is 0 Å². The number of nitrogens with zero attached hydrogens (tertiary/aromatic N) is 2. The molecule has 1 amide bonds. The van der Waals surface area contributed by atoms with Gasteiger partial charge in [-0.05, 0) is 33.3 Å². The van der Waals surface area contributed by atoms with Gasteiger partial charge in [-0.3, -0.25) is 9.59 Å². The van der Waals surface area contributed by atoms with Gasteiger partial charge in [-0.25, -0.2) is 4.79 Å². The Balaban J connectivity index is 2.17. The largest absolute Gasteiger partial charge is 0.481 e. The predicted octanol–water partition coefficient (Wildman–Crippen LogP) is 1.08. The van der Waals surface area contributed by atoms with Gasteiger partial charge in [0.05, 0.1) is 17.7 Å². The Morgan fingerprint density at radius 2 is 2.09 bits per heavy atom. The zero-order chi connectivity index (χ0) is 17.4. The number of hydrogen-bond acceptors (Lipinski definition) is 7. The van der Waals surface area contributed by atoms with Crippen LogP contribution in [0.2, 0.25) is 0 Å². The molecule has 0 spiro atoms. The molecule has 23 heavy (non-hydrogen) atoms. The van der Waals surface area contributed by atoms with E-state index in [9.17, 15) is 14.4 Å². The third-order valence-electron chi connectivity index (χ3n) is 3.62. The molecular weight excluding hydrogens is 322 g/mol. The number of cyclic esters (lactones) is 1. The normalized spacial score (nSPS) is 25.8. The van der Waals surface area contributed by atoms with E-state index >= 15 is 0 Å². The lowest BCUT2D eigenvalue weighted by Gasteiger charge is -2.18. The Kier molecular flexibility index (Phi) is 4.60. The van der Waals surface area contributed by atoms with Crippen LogP contribution in [0.4, 0.5) is 0 Å². The number of thioether (sulfide) groups is 1. The first-order valence-corrected chi connectivity index (χ1v) is 7.76. The number of amides is 1. The summed E-state index contributed by atoms with van der Waals surface area (Å²) in [7, 11) is 0. The molecule has 0 radical (unpaired) electrons. The zero-order valence-corrected chi connectivity index (χ0v) is 14.0. The number of ether oxygens (including phenoxy) is 1. The highest BCUT2D eigenvalue weighted by Gasteiger charge is 2.39. The first kappa shape index (κ1) is 17.2. The lowest BCUT2D eigenvalue weighted by Crippen LogP contribution is -2.26. The van der Waals surface area contributed by atoms with E-state index in [1.165, 1.54) is 0 Å². The highest BCUT2D eigenvalue weighted by Crippen LogP contribution is 2.32. The summed E-state index contributed by atoms with van der Waals surface area (Å²) in [4.78, 5) is 34.2. The van der Waals surface area contributed by atoms with E-state index in [1.54, 1.807) is 27.7 Å². The van der Waals surface area contributed by atoms with Crippen LogP contribution in [-0.2, 0) is 19.1 Å². The molecule has 8 nitrogen and oxygen atoms in total. The second-order valence-electron chi connectivity index (χ2n) is 5.68. The second-order valence-corrected chi connectivity index (χ2v) is 6.88. The smallest absolute Gasteiger partial charge is 0.341 e. The van der Waals surface area contributed by atoms with Crippen LogP contribution in [-0.4, -0.2) is 44.7 Å². The van der Waals surface area contributed by atoms with Gasteiger partial charge in [0.15, 0.2) is 5.17 Å². The maximum absolute atomic E-state index is 11.9. The number of carboxylic acids is 1. The first-order valence-electron chi connectivity index (χ1n) is 6.88. The van der Waals surface area contributed by atoms with Gasteiger partial charge in [-0.2, -0.15) is 5.10 Å². The number of hydrogen-bond donors (Lipinski definition) is 2. The molecule has 2 N–H and O–H groups in total. The van der Waals surface area contributed by atoms with Gasteiger partial charge in [0.2, 0.25) is 5.91 Å². The van der Waals surface area contributed by atoms with Crippen molar-refractivity contribution in [2.24, 2.45) is 10.2 Å². The number of esters is 1. The van der Waals surface area contributed by atoms with Gasteiger partial charge in [0.25, 0.3) is 0 Å². The fourth-order valence-corrected chi connectivity index (χ4v) is 3.06. The summed E-state index contributed by atoms with van der Waals surface area (Å²) < 4.78 is 5.26. The molecule has 2 rings (SSSR count). The second kappa shape index (κ2) is 6.15. The number of carbonyl (C=O) groups is 3. The lowest BCUT2D eigenvalue weighted by molar-refractivity contribution is -0.144. The van der Waals surface area contributed by atoms with Crippen molar-refractivity contribution in [1.82, 2.24) is 5.32 Å². The van der Waals surface area contributed by atoms with E-state index in [1.807, 2.05) is 0 Å². The van der Waals surface area contributed by atoms with E-state index < -0.39 is 28.7 Å². The Bertz CT molecular complexity index is 678. The number of rotatable bonds is 4. The highest BCUT2D eigenvalue weighted by atomic mass is 32.2.